The van der Waals surface area contributed by atoms with E-state index < -0.39 is 0 Å². The highest BCUT2D eigenvalue weighted by Gasteiger charge is 2.39. The molecule has 5 heteroatoms. The van der Waals surface area contributed by atoms with Crippen LogP contribution < -0.4 is 11.3 Å². The first-order chi connectivity index (χ1) is 8.20. The van der Waals surface area contributed by atoms with E-state index in [0.29, 0.717) is 12.4 Å². The number of anilines is 1. The highest BCUT2D eigenvalue weighted by molar-refractivity contribution is 5.35. The minimum absolute atomic E-state index is 0.299. The van der Waals surface area contributed by atoms with Crippen LogP contribution >= 0.6 is 0 Å². The average molecular weight is 236 g/mol. The van der Waals surface area contributed by atoms with Crippen molar-refractivity contribution in [2.75, 3.05) is 12.0 Å². The van der Waals surface area contributed by atoms with Gasteiger partial charge in [-0.1, -0.05) is 0 Å². The second-order valence-electron chi connectivity index (χ2n) is 4.50. The van der Waals surface area contributed by atoms with Crippen LogP contribution in [-0.2, 0) is 10.3 Å². The molecule has 1 aromatic rings. The van der Waals surface area contributed by atoms with Crippen molar-refractivity contribution in [1.29, 1.82) is 0 Å². The van der Waals surface area contributed by atoms with Crippen molar-refractivity contribution in [3.8, 4) is 0 Å². The van der Waals surface area contributed by atoms with E-state index >= 15 is 0 Å². The van der Waals surface area contributed by atoms with E-state index in [1.165, 1.54) is 12.8 Å². The van der Waals surface area contributed by atoms with E-state index in [1.807, 2.05) is 19.9 Å². The third-order valence-corrected chi connectivity index (χ3v) is 3.24. The van der Waals surface area contributed by atoms with Crippen molar-refractivity contribution in [2.45, 2.75) is 45.1 Å². The number of rotatable bonds is 4. The standard InChI is InChI=1S/C12H20N4O/c1-3-17-12(6-4-5-7-12)11-14-9(2)8-10(15-11)16-13/h8H,3-7,13H2,1-2H3,(H,14,15,16). The number of hydrogen-bond acceptors (Lipinski definition) is 5. The molecule has 0 amide bonds. The molecule has 2 rings (SSSR count). The molecule has 5 nitrogen and oxygen atoms in total. The SMILES string of the molecule is CCOC1(c2nc(C)cc(NN)n2)CCCC1. The molecular formula is C12H20N4O. The van der Waals surface area contributed by atoms with Gasteiger partial charge in [0.2, 0.25) is 0 Å². The van der Waals surface area contributed by atoms with Crippen LogP contribution in [0.25, 0.3) is 0 Å². The van der Waals surface area contributed by atoms with Gasteiger partial charge in [0.25, 0.3) is 0 Å². The molecule has 17 heavy (non-hydrogen) atoms. The fourth-order valence-electron chi connectivity index (χ4n) is 2.50. The largest absolute Gasteiger partial charge is 0.367 e. The maximum atomic E-state index is 5.94. The smallest absolute Gasteiger partial charge is 0.162 e. The Morgan fingerprint density at radius 1 is 1.41 bits per heavy atom. The third-order valence-electron chi connectivity index (χ3n) is 3.24. The number of nitrogen functional groups attached to an aromatic ring is 1. The van der Waals surface area contributed by atoms with E-state index in [2.05, 4.69) is 15.4 Å². The summed E-state index contributed by atoms with van der Waals surface area (Å²) >= 11 is 0. The van der Waals surface area contributed by atoms with Crippen LogP contribution in [0, 0.1) is 6.92 Å². The maximum absolute atomic E-state index is 5.94. The number of hydrogen-bond donors (Lipinski definition) is 2. The van der Waals surface area contributed by atoms with Gasteiger partial charge in [0.05, 0.1) is 0 Å². The van der Waals surface area contributed by atoms with Crippen molar-refractivity contribution < 1.29 is 4.74 Å². The minimum atomic E-state index is -0.299. The zero-order valence-corrected chi connectivity index (χ0v) is 10.5. The highest BCUT2D eigenvalue weighted by Crippen LogP contribution is 2.40. The molecule has 0 radical (unpaired) electrons. The number of nitrogens with zero attached hydrogens (tertiary/aromatic N) is 2. The molecule has 94 valence electrons. The lowest BCUT2D eigenvalue weighted by molar-refractivity contribution is -0.0457. The maximum Gasteiger partial charge on any atom is 0.162 e. The summed E-state index contributed by atoms with van der Waals surface area (Å²) in [6.07, 6.45) is 4.33. The van der Waals surface area contributed by atoms with Crippen molar-refractivity contribution in [1.82, 2.24) is 9.97 Å². The fraction of sp³-hybridized carbons (Fsp3) is 0.667. The lowest BCUT2D eigenvalue weighted by Gasteiger charge is -2.27. The van der Waals surface area contributed by atoms with E-state index in [4.69, 9.17) is 10.6 Å². The molecule has 0 atom stereocenters. The Morgan fingerprint density at radius 2 is 2.12 bits per heavy atom. The number of aryl methyl sites for hydroxylation is 1. The fourth-order valence-corrected chi connectivity index (χ4v) is 2.50. The van der Waals surface area contributed by atoms with Crippen LogP contribution in [0.4, 0.5) is 5.82 Å². The molecule has 0 aromatic carbocycles. The van der Waals surface area contributed by atoms with Crippen LogP contribution in [0.5, 0.6) is 0 Å². The summed E-state index contributed by atoms with van der Waals surface area (Å²) in [4.78, 5) is 8.98. The van der Waals surface area contributed by atoms with Gasteiger partial charge in [-0.2, -0.15) is 0 Å². The quantitative estimate of drug-likeness (QED) is 0.617. The summed E-state index contributed by atoms with van der Waals surface area (Å²) in [5.41, 5.74) is 3.20. The summed E-state index contributed by atoms with van der Waals surface area (Å²) in [6, 6.07) is 1.83. The van der Waals surface area contributed by atoms with Gasteiger partial charge in [-0.05, 0) is 39.5 Å². The van der Waals surface area contributed by atoms with Gasteiger partial charge in [0.1, 0.15) is 11.4 Å². The van der Waals surface area contributed by atoms with Crippen molar-refractivity contribution >= 4 is 5.82 Å². The highest BCUT2D eigenvalue weighted by atomic mass is 16.5. The third kappa shape index (κ3) is 2.40. The van der Waals surface area contributed by atoms with Gasteiger partial charge in [-0.3, -0.25) is 0 Å². The normalized spacial score (nSPS) is 18.3. The van der Waals surface area contributed by atoms with Gasteiger partial charge in [0, 0.05) is 18.4 Å². The van der Waals surface area contributed by atoms with Gasteiger partial charge in [-0.25, -0.2) is 15.8 Å². The Bertz CT molecular complexity index is 388. The second-order valence-corrected chi connectivity index (χ2v) is 4.50. The molecule has 1 aliphatic rings. The van der Waals surface area contributed by atoms with E-state index in [0.717, 1.165) is 24.4 Å². The summed E-state index contributed by atoms with van der Waals surface area (Å²) < 4.78 is 5.94. The summed E-state index contributed by atoms with van der Waals surface area (Å²) in [5.74, 6) is 6.84. The number of aromatic nitrogens is 2. The molecule has 0 aliphatic heterocycles. The Morgan fingerprint density at radius 3 is 2.71 bits per heavy atom. The van der Waals surface area contributed by atoms with Crippen LogP contribution in [0.15, 0.2) is 6.07 Å². The van der Waals surface area contributed by atoms with E-state index in [-0.39, 0.29) is 5.60 Å². The summed E-state index contributed by atoms with van der Waals surface area (Å²) in [6.45, 7) is 4.64. The van der Waals surface area contributed by atoms with Crippen molar-refractivity contribution in [3.63, 3.8) is 0 Å². The van der Waals surface area contributed by atoms with Crippen molar-refractivity contribution in [3.05, 3.63) is 17.6 Å². The molecule has 0 spiro atoms. The minimum Gasteiger partial charge on any atom is -0.367 e. The second kappa shape index (κ2) is 4.98. The first kappa shape index (κ1) is 12.3. The molecule has 0 saturated heterocycles. The van der Waals surface area contributed by atoms with Gasteiger partial charge < -0.3 is 10.2 Å². The number of hydrazine groups is 1. The van der Waals surface area contributed by atoms with Crippen LogP contribution in [0.1, 0.15) is 44.1 Å². The molecule has 1 aromatic heterocycles. The lowest BCUT2D eigenvalue weighted by atomic mass is 10.0. The van der Waals surface area contributed by atoms with Gasteiger partial charge >= 0.3 is 0 Å². The zero-order chi connectivity index (χ0) is 12.3. The molecule has 0 bridgehead atoms. The first-order valence-corrected chi connectivity index (χ1v) is 6.17. The molecular weight excluding hydrogens is 216 g/mol. The monoisotopic (exact) mass is 236 g/mol. The topological polar surface area (TPSA) is 73.1 Å². The predicted octanol–water partition coefficient (Wildman–Crippen LogP) is 1.88. The first-order valence-electron chi connectivity index (χ1n) is 6.17. The Kier molecular flexibility index (Phi) is 3.59. The number of nitrogens with one attached hydrogen (secondary N) is 1. The van der Waals surface area contributed by atoms with Gasteiger partial charge in [-0.15, -0.1) is 0 Å². The molecule has 1 fully saturated rings. The van der Waals surface area contributed by atoms with Crippen LogP contribution in [0.3, 0.4) is 0 Å². The van der Waals surface area contributed by atoms with E-state index in [1.54, 1.807) is 0 Å². The molecule has 0 unspecified atom stereocenters. The summed E-state index contributed by atoms with van der Waals surface area (Å²) in [7, 11) is 0. The van der Waals surface area contributed by atoms with Crippen LogP contribution in [0.2, 0.25) is 0 Å². The average Bonchev–Trinajstić information content (AvgIpc) is 2.78. The molecule has 3 N–H and O–H groups in total. The molecule has 1 aliphatic carbocycles. The van der Waals surface area contributed by atoms with Crippen molar-refractivity contribution in [2.24, 2.45) is 5.84 Å². The molecule has 1 heterocycles. The predicted molar refractivity (Wildman–Crippen MR) is 66.4 cm³/mol. The summed E-state index contributed by atoms with van der Waals surface area (Å²) in [5, 5.41) is 0. The van der Waals surface area contributed by atoms with Crippen LogP contribution in [-0.4, -0.2) is 16.6 Å². The lowest BCUT2D eigenvalue weighted by Crippen LogP contribution is -2.29. The number of ether oxygens (including phenoxy) is 1. The Hall–Kier alpha value is -1.20. The number of nitrogens with two attached hydrogens (primary N) is 1. The van der Waals surface area contributed by atoms with Gasteiger partial charge in [0.15, 0.2) is 5.82 Å². The zero-order valence-electron chi connectivity index (χ0n) is 10.5. The van der Waals surface area contributed by atoms with E-state index in [9.17, 15) is 0 Å². The molecule has 1 saturated carbocycles. The Balaban J connectivity index is 2.38. The Labute approximate surface area is 102 Å².